The smallest absolute Gasteiger partial charge is 0.237 e. The minimum Gasteiger partial charge on any atom is -0.334 e. The summed E-state index contributed by atoms with van der Waals surface area (Å²) in [5, 5.41) is 9.95. The molecule has 0 spiro atoms. The van der Waals surface area contributed by atoms with E-state index in [0.717, 1.165) is 50.4 Å². The van der Waals surface area contributed by atoms with Crippen LogP contribution in [0.15, 0.2) is 17.5 Å². The fourth-order valence-electron chi connectivity index (χ4n) is 3.78. The van der Waals surface area contributed by atoms with Crippen LogP contribution in [0, 0.1) is 6.92 Å². The molecule has 1 amide bonds. The predicted octanol–water partition coefficient (Wildman–Crippen LogP) is 1.92. The number of rotatable bonds is 4. The fourth-order valence-corrected chi connectivity index (χ4v) is 4.65. The molecule has 0 radical (unpaired) electrons. The second-order valence-electron chi connectivity index (χ2n) is 6.63. The highest BCUT2D eigenvalue weighted by Gasteiger charge is 2.31. The lowest BCUT2D eigenvalue weighted by atomic mass is 10.1. The van der Waals surface area contributed by atoms with Gasteiger partial charge in [-0.1, -0.05) is 6.07 Å². The highest BCUT2D eigenvalue weighted by molar-refractivity contribution is 7.10. The average Bonchev–Trinajstić information content (AvgIpc) is 3.30. The van der Waals surface area contributed by atoms with Gasteiger partial charge in [0.1, 0.15) is 11.6 Å². The summed E-state index contributed by atoms with van der Waals surface area (Å²) in [6.07, 6.45) is 4.12. The summed E-state index contributed by atoms with van der Waals surface area (Å²) >= 11 is 1.75. The Morgan fingerprint density at radius 3 is 3.21 bits per heavy atom. The molecule has 0 aromatic carbocycles. The van der Waals surface area contributed by atoms with Gasteiger partial charge in [0, 0.05) is 23.9 Å². The number of carbonyl (C=O) groups excluding carboxylic acids is 1. The van der Waals surface area contributed by atoms with Crippen LogP contribution in [0.3, 0.4) is 0 Å². The standard InChI is InChI=1S/C17H23N5OS/c1-12-19-16-7-6-13(11-22(16)20-12)18-10-17(23)21-8-2-4-14(21)15-5-3-9-24-15/h3,5,9,13-14,18H,2,4,6-8,10-11H2,1H3/t13-,14+/m1/s1. The Kier molecular flexibility index (Phi) is 4.37. The Bertz CT molecular complexity index is 711. The second kappa shape index (κ2) is 6.64. The fraction of sp³-hybridized carbons (Fsp3) is 0.588. The van der Waals surface area contributed by atoms with E-state index in [0.29, 0.717) is 12.6 Å². The first-order chi connectivity index (χ1) is 11.7. The van der Waals surface area contributed by atoms with Gasteiger partial charge in [0.05, 0.1) is 19.1 Å². The maximum atomic E-state index is 12.7. The van der Waals surface area contributed by atoms with Crippen molar-refractivity contribution in [3.8, 4) is 0 Å². The summed E-state index contributed by atoms with van der Waals surface area (Å²) in [6, 6.07) is 4.78. The van der Waals surface area contributed by atoms with Gasteiger partial charge in [-0.3, -0.25) is 4.79 Å². The van der Waals surface area contributed by atoms with Crippen LogP contribution in [0.5, 0.6) is 0 Å². The monoisotopic (exact) mass is 345 g/mol. The van der Waals surface area contributed by atoms with E-state index >= 15 is 0 Å². The number of hydrogen-bond donors (Lipinski definition) is 1. The molecule has 128 valence electrons. The molecule has 2 aromatic rings. The Hall–Kier alpha value is -1.73. The summed E-state index contributed by atoms with van der Waals surface area (Å²) in [5.41, 5.74) is 0. The maximum Gasteiger partial charge on any atom is 0.237 e. The minimum absolute atomic E-state index is 0.214. The first-order valence-corrected chi connectivity index (χ1v) is 9.55. The number of aromatic nitrogens is 3. The van der Waals surface area contributed by atoms with Gasteiger partial charge in [-0.2, -0.15) is 5.10 Å². The lowest BCUT2D eigenvalue weighted by molar-refractivity contribution is -0.131. The van der Waals surface area contributed by atoms with Crippen LogP contribution in [0.2, 0.25) is 0 Å². The van der Waals surface area contributed by atoms with Crippen molar-refractivity contribution in [3.05, 3.63) is 34.0 Å². The first kappa shape index (κ1) is 15.8. The van der Waals surface area contributed by atoms with Gasteiger partial charge in [-0.25, -0.2) is 9.67 Å². The molecule has 1 fully saturated rings. The third-order valence-corrected chi connectivity index (χ3v) is 5.92. The summed E-state index contributed by atoms with van der Waals surface area (Å²) in [7, 11) is 0. The first-order valence-electron chi connectivity index (χ1n) is 8.67. The molecule has 0 unspecified atom stereocenters. The van der Waals surface area contributed by atoms with Crippen molar-refractivity contribution in [2.45, 2.75) is 51.2 Å². The number of nitrogens with zero attached hydrogens (tertiary/aromatic N) is 4. The van der Waals surface area contributed by atoms with Gasteiger partial charge < -0.3 is 10.2 Å². The van der Waals surface area contributed by atoms with E-state index in [9.17, 15) is 4.79 Å². The SMILES string of the molecule is Cc1nc2n(n1)C[C@H](NCC(=O)N1CCC[C@H]1c1cccs1)CC2. The molecule has 2 aromatic heterocycles. The number of nitrogens with one attached hydrogen (secondary N) is 1. The number of carbonyl (C=O) groups is 1. The van der Waals surface area contributed by atoms with E-state index in [4.69, 9.17) is 0 Å². The number of hydrogen-bond acceptors (Lipinski definition) is 5. The lowest BCUT2D eigenvalue weighted by Crippen LogP contribution is -2.44. The molecule has 6 nitrogen and oxygen atoms in total. The van der Waals surface area contributed by atoms with Crippen LogP contribution in [0.4, 0.5) is 0 Å². The normalized spacial score (nSPS) is 23.5. The van der Waals surface area contributed by atoms with E-state index in [1.165, 1.54) is 4.88 Å². The van der Waals surface area contributed by atoms with Crippen LogP contribution in [0.1, 0.15) is 41.8 Å². The number of fused-ring (bicyclic) bond motifs is 1. The van der Waals surface area contributed by atoms with Crippen LogP contribution in [-0.2, 0) is 17.8 Å². The minimum atomic E-state index is 0.214. The summed E-state index contributed by atoms with van der Waals surface area (Å²) < 4.78 is 1.98. The van der Waals surface area contributed by atoms with Crippen LogP contribution in [0.25, 0.3) is 0 Å². The average molecular weight is 345 g/mol. The van der Waals surface area contributed by atoms with Gasteiger partial charge in [0.15, 0.2) is 0 Å². The molecule has 0 aliphatic carbocycles. The molecule has 0 bridgehead atoms. The van der Waals surface area contributed by atoms with Gasteiger partial charge in [-0.05, 0) is 37.6 Å². The Balaban J connectivity index is 1.34. The molecule has 1 N–H and O–H groups in total. The predicted molar refractivity (Wildman–Crippen MR) is 92.9 cm³/mol. The van der Waals surface area contributed by atoms with Crippen molar-refractivity contribution in [2.75, 3.05) is 13.1 Å². The number of amides is 1. The van der Waals surface area contributed by atoms with Crippen molar-refractivity contribution in [2.24, 2.45) is 0 Å². The number of likely N-dealkylation sites (tertiary alicyclic amines) is 1. The number of aryl methyl sites for hydroxylation is 2. The van der Waals surface area contributed by atoms with Crippen molar-refractivity contribution in [1.82, 2.24) is 25.0 Å². The highest BCUT2D eigenvalue weighted by atomic mass is 32.1. The van der Waals surface area contributed by atoms with Crippen molar-refractivity contribution in [3.63, 3.8) is 0 Å². The summed E-state index contributed by atoms with van der Waals surface area (Å²) in [5.74, 6) is 2.11. The summed E-state index contributed by atoms with van der Waals surface area (Å²) in [6.45, 7) is 4.02. The van der Waals surface area contributed by atoms with Crippen LogP contribution in [-0.4, -0.2) is 44.7 Å². The van der Waals surface area contributed by atoms with E-state index in [2.05, 4.69) is 32.9 Å². The van der Waals surface area contributed by atoms with Crippen molar-refractivity contribution >= 4 is 17.2 Å². The van der Waals surface area contributed by atoms with E-state index in [1.54, 1.807) is 11.3 Å². The van der Waals surface area contributed by atoms with Crippen LogP contribution >= 0.6 is 11.3 Å². The third kappa shape index (κ3) is 3.10. The lowest BCUT2D eigenvalue weighted by Gasteiger charge is -2.27. The van der Waals surface area contributed by atoms with Crippen LogP contribution < -0.4 is 5.32 Å². The Morgan fingerprint density at radius 2 is 2.38 bits per heavy atom. The Morgan fingerprint density at radius 1 is 1.46 bits per heavy atom. The van der Waals surface area contributed by atoms with Gasteiger partial charge in [0.2, 0.25) is 5.91 Å². The molecular formula is C17H23N5OS. The zero-order valence-corrected chi connectivity index (χ0v) is 14.8. The van der Waals surface area contributed by atoms with Gasteiger partial charge in [-0.15, -0.1) is 11.3 Å². The quantitative estimate of drug-likeness (QED) is 0.919. The van der Waals surface area contributed by atoms with E-state index < -0.39 is 0 Å². The molecule has 7 heteroatoms. The van der Waals surface area contributed by atoms with E-state index in [1.807, 2.05) is 16.5 Å². The highest BCUT2D eigenvalue weighted by Crippen LogP contribution is 2.34. The zero-order chi connectivity index (χ0) is 16.5. The molecule has 4 heterocycles. The molecule has 4 rings (SSSR count). The van der Waals surface area contributed by atoms with E-state index in [-0.39, 0.29) is 11.9 Å². The molecule has 2 aliphatic heterocycles. The zero-order valence-electron chi connectivity index (χ0n) is 13.9. The largest absolute Gasteiger partial charge is 0.334 e. The third-order valence-electron chi connectivity index (χ3n) is 4.95. The van der Waals surface area contributed by atoms with Crippen molar-refractivity contribution in [1.29, 1.82) is 0 Å². The molecule has 2 aliphatic rings. The molecule has 0 saturated carbocycles. The van der Waals surface area contributed by atoms with Crippen molar-refractivity contribution < 1.29 is 4.79 Å². The summed E-state index contributed by atoms with van der Waals surface area (Å²) in [4.78, 5) is 20.5. The number of thiophene rings is 1. The molecule has 1 saturated heterocycles. The topological polar surface area (TPSA) is 63.1 Å². The van der Waals surface area contributed by atoms with Gasteiger partial charge in [0.25, 0.3) is 0 Å². The molecule has 24 heavy (non-hydrogen) atoms. The second-order valence-corrected chi connectivity index (χ2v) is 7.61. The molecular weight excluding hydrogens is 322 g/mol. The maximum absolute atomic E-state index is 12.7. The van der Waals surface area contributed by atoms with Gasteiger partial charge >= 0.3 is 0 Å². The molecule has 2 atom stereocenters. The Labute approximate surface area is 145 Å².